The molecule has 4 aromatic rings. The third-order valence-corrected chi connectivity index (χ3v) is 5.37. The quantitative estimate of drug-likeness (QED) is 0.219. The lowest BCUT2D eigenvalue weighted by Crippen LogP contribution is -2.13. The highest BCUT2D eigenvalue weighted by molar-refractivity contribution is 7.12. The Balaban J connectivity index is 1.68. The van der Waals surface area contributed by atoms with Gasteiger partial charge in [-0.1, -0.05) is 24.3 Å². The number of nitro benzene ring substituents is 1. The van der Waals surface area contributed by atoms with Crippen molar-refractivity contribution in [3.8, 4) is 16.4 Å². The summed E-state index contributed by atoms with van der Waals surface area (Å²) in [7, 11) is 0. The SMILES string of the molecule is Cc1[nH]n(-c2nc(-c3cccc([N+](=O)[O-])c3)cs2)c(=O)c1N=Nc1ccccc1C(F)(F)F. The summed E-state index contributed by atoms with van der Waals surface area (Å²) >= 11 is 1.10. The molecular formula is C20H13F3N6O3S. The van der Waals surface area contributed by atoms with Crippen molar-refractivity contribution in [2.45, 2.75) is 13.1 Å². The Morgan fingerprint density at radius 1 is 1.15 bits per heavy atom. The van der Waals surface area contributed by atoms with Gasteiger partial charge in [-0.05, 0) is 19.1 Å². The maximum atomic E-state index is 13.2. The lowest BCUT2D eigenvalue weighted by atomic mass is 10.1. The fourth-order valence-corrected chi connectivity index (χ4v) is 3.76. The predicted molar refractivity (Wildman–Crippen MR) is 115 cm³/mol. The summed E-state index contributed by atoms with van der Waals surface area (Å²) in [6.07, 6.45) is -4.62. The first kappa shape index (κ1) is 22.1. The fraction of sp³-hybridized carbons (Fsp3) is 0.100. The van der Waals surface area contributed by atoms with Crippen molar-refractivity contribution in [3.05, 3.63) is 85.6 Å². The van der Waals surface area contributed by atoms with Crippen LogP contribution in [-0.2, 0) is 6.18 Å². The zero-order valence-corrected chi connectivity index (χ0v) is 17.5. The van der Waals surface area contributed by atoms with Gasteiger partial charge in [0.2, 0.25) is 5.13 Å². The Hall–Kier alpha value is -4.13. The molecule has 0 saturated carbocycles. The summed E-state index contributed by atoms with van der Waals surface area (Å²) in [6.45, 7) is 1.52. The second-order valence-electron chi connectivity index (χ2n) is 6.76. The molecule has 2 aromatic carbocycles. The molecule has 2 heterocycles. The number of nitrogens with one attached hydrogen (secondary N) is 1. The number of nitro groups is 1. The molecule has 0 fully saturated rings. The van der Waals surface area contributed by atoms with Gasteiger partial charge in [0.15, 0.2) is 5.69 Å². The molecule has 0 saturated heterocycles. The van der Waals surface area contributed by atoms with E-state index in [9.17, 15) is 28.1 Å². The lowest BCUT2D eigenvalue weighted by Gasteiger charge is -2.07. The van der Waals surface area contributed by atoms with E-state index >= 15 is 0 Å². The van der Waals surface area contributed by atoms with Gasteiger partial charge >= 0.3 is 11.7 Å². The van der Waals surface area contributed by atoms with Crippen molar-refractivity contribution in [2.75, 3.05) is 0 Å². The Morgan fingerprint density at radius 3 is 2.64 bits per heavy atom. The molecule has 0 aliphatic heterocycles. The highest BCUT2D eigenvalue weighted by Crippen LogP contribution is 2.36. The number of azo groups is 1. The number of nitrogens with zero attached hydrogens (tertiary/aromatic N) is 5. The van der Waals surface area contributed by atoms with Crippen LogP contribution in [0, 0.1) is 17.0 Å². The van der Waals surface area contributed by atoms with Crippen LogP contribution in [0.2, 0.25) is 0 Å². The molecule has 4 rings (SSSR count). The Morgan fingerprint density at radius 2 is 1.91 bits per heavy atom. The maximum Gasteiger partial charge on any atom is 0.418 e. The number of aromatic nitrogens is 3. The maximum absolute atomic E-state index is 13.2. The third-order valence-electron chi connectivity index (χ3n) is 4.54. The molecule has 0 atom stereocenters. The summed E-state index contributed by atoms with van der Waals surface area (Å²) < 4.78 is 40.5. The van der Waals surface area contributed by atoms with E-state index in [1.165, 1.54) is 37.3 Å². The van der Waals surface area contributed by atoms with E-state index in [0.29, 0.717) is 11.3 Å². The van der Waals surface area contributed by atoms with Gasteiger partial charge < -0.3 is 0 Å². The minimum Gasteiger partial charge on any atom is -0.291 e. The number of benzene rings is 2. The van der Waals surface area contributed by atoms with Crippen LogP contribution < -0.4 is 5.56 Å². The van der Waals surface area contributed by atoms with Crippen LogP contribution >= 0.6 is 11.3 Å². The standard InChI is InChI=1S/C20H13F3N6O3S/c1-11-17(26-25-15-8-3-2-7-14(15)20(21,22)23)18(30)28(27-11)19-24-16(10-33-19)12-5-4-6-13(9-12)29(31)32/h2-10,27H,1H3. The van der Waals surface area contributed by atoms with Gasteiger partial charge in [0, 0.05) is 23.1 Å². The van der Waals surface area contributed by atoms with Crippen molar-refractivity contribution in [3.63, 3.8) is 0 Å². The largest absolute Gasteiger partial charge is 0.418 e. The van der Waals surface area contributed by atoms with Gasteiger partial charge in [-0.2, -0.15) is 17.9 Å². The van der Waals surface area contributed by atoms with Crippen molar-refractivity contribution in [1.82, 2.24) is 14.8 Å². The van der Waals surface area contributed by atoms with E-state index in [0.717, 1.165) is 28.2 Å². The molecule has 9 nitrogen and oxygen atoms in total. The summed E-state index contributed by atoms with van der Waals surface area (Å²) in [5, 5.41) is 23.0. The van der Waals surface area contributed by atoms with Crippen LogP contribution in [-0.4, -0.2) is 19.7 Å². The van der Waals surface area contributed by atoms with Gasteiger partial charge in [0.05, 0.1) is 27.6 Å². The van der Waals surface area contributed by atoms with Gasteiger partial charge in [-0.15, -0.1) is 21.6 Å². The Kier molecular flexibility index (Phi) is 5.64. The third kappa shape index (κ3) is 4.43. The van der Waals surface area contributed by atoms with Crippen LogP contribution in [0.15, 0.2) is 68.9 Å². The lowest BCUT2D eigenvalue weighted by molar-refractivity contribution is -0.384. The normalized spacial score (nSPS) is 11.9. The monoisotopic (exact) mass is 474 g/mol. The highest BCUT2D eigenvalue weighted by atomic mass is 32.1. The fourth-order valence-electron chi connectivity index (χ4n) is 2.97. The van der Waals surface area contributed by atoms with Crippen LogP contribution in [0.4, 0.5) is 30.2 Å². The number of aromatic amines is 1. The van der Waals surface area contributed by atoms with Crippen LogP contribution in [0.25, 0.3) is 16.4 Å². The first-order chi connectivity index (χ1) is 15.6. The van der Waals surface area contributed by atoms with Gasteiger partial charge in [-0.3, -0.25) is 20.0 Å². The van der Waals surface area contributed by atoms with Crippen molar-refractivity contribution in [1.29, 1.82) is 0 Å². The Labute approximate surface area is 187 Å². The summed E-state index contributed by atoms with van der Waals surface area (Å²) in [6, 6.07) is 10.5. The van der Waals surface area contributed by atoms with Gasteiger partial charge in [0.25, 0.3) is 5.69 Å². The van der Waals surface area contributed by atoms with E-state index in [1.807, 2.05) is 0 Å². The number of non-ortho nitro benzene ring substituents is 1. The zero-order valence-electron chi connectivity index (χ0n) is 16.7. The smallest absolute Gasteiger partial charge is 0.291 e. The van der Waals surface area contributed by atoms with Crippen molar-refractivity contribution >= 4 is 28.4 Å². The first-order valence-corrected chi connectivity index (χ1v) is 10.1. The number of thiazole rings is 1. The predicted octanol–water partition coefficient (Wildman–Crippen LogP) is 5.94. The van der Waals surface area contributed by atoms with Crippen LogP contribution in [0.1, 0.15) is 11.3 Å². The average molecular weight is 474 g/mol. The number of halogens is 3. The molecule has 33 heavy (non-hydrogen) atoms. The number of aryl methyl sites for hydroxylation is 1. The number of hydrogen-bond acceptors (Lipinski definition) is 7. The minimum absolute atomic E-state index is 0.100. The molecule has 0 unspecified atom stereocenters. The molecule has 168 valence electrons. The second kappa shape index (κ2) is 8.43. The molecule has 0 spiro atoms. The second-order valence-corrected chi connectivity index (χ2v) is 7.60. The highest BCUT2D eigenvalue weighted by Gasteiger charge is 2.33. The van der Waals surface area contributed by atoms with E-state index in [2.05, 4.69) is 20.3 Å². The molecule has 0 aliphatic rings. The summed E-state index contributed by atoms with van der Waals surface area (Å²) in [4.78, 5) is 27.6. The number of rotatable bonds is 5. The average Bonchev–Trinajstić information content (AvgIpc) is 3.37. The Bertz CT molecular complexity index is 1440. The molecule has 13 heteroatoms. The molecule has 0 bridgehead atoms. The number of H-pyrrole nitrogens is 1. The minimum atomic E-state index is -4.62. The molecular weight excluding hydrogens is 461 g/mol. The summed E-state index contributed by atoms with van der Waals surface area (Å²) in [5.74, 6) is 0. The van der Waals surface area contributed by atoms with Crippen molar-refractivity contribution in [2.24, 2.45) is 10.2 Å². The topological polar surface area (TPSA) is 119 Å². The van der Waals surface area contributed by atoms with E-state index in [4.69, 9.17) is 0 Å². The van der Waals surface area contributed by atoms with Crippen LogP contribution in [0.3, 0.4) is 0 Å². The number of hydrogen-bond donors (Lipinski definition) is 1. The van der Waals surface area contributed by atoms with Crippen LogP contribution in [0.5, 0.6) is 0 Å². The van der Waals surface area contributed by atoms with Gasteiger partial charge in [-0.25, -0.2) is 4.98 Å². The van der Waals surface area contributed by atoms with E-state index in [1.54, 1.807) is 11.4 Å². The first-order valence-electron chi connectivity index (χ1n) is 9.25. The zero-order chi connectivity index (χ0) is 23.8. The van der Waals surface area contributed by atoms with E-state index in [-0.39, 0.29) is 22.2 Å². The molecule has 2 aromatic heterocycles. The van der Waals surface area contributed by atoms with Crippen molar-refractivity contribution < 1.29 is 18.1 Å². The molecule has 0 amide bonds. The molecule has 0 radical (unpaired) electrons. The number of alkyl halides is 3. The summed E-state index contributed by atoms with van der Waals surface area (Å²) in [5.41, 5.74) is -1.12. The van der Waals surface area contributed by atoms with Gasteiger partial charge in [0.1, 0.15) is 0 Å². The van der Waals surface area contributed by atoms with E-state index < -0.39 is 27.9 Å². The molecule has 1 N–H and O–H groups in total. The molecule has 0 aliphatic carbocycles.